The third kappa shape index (κ3) is 3.27. The van der Waals surface area contributed by atoms with E-state index in [-0.39, 0.29) is 0 Å². The highest BCUT2D eigenvalue weighted by Crippen LogP contribution is 2.40. The molecule has 2 N–H and O–H groups in total. The van der Waals surface area contributed by atoms with Crippen LogP contribution in [-0.2, 0) is 0 Å². The summed E-state index contributed by atoms with van der Waals surface area (Å²) in [6, 6.07) is 0.759. The Labute approximate surface area is 113 Å². The summed E-state index contributed by atoms with van der Waals surface area (Å²) in [7, 11) is 0. The third-order valence-electron chi connectivity index (χ3n) is 5.43. The molecule has 2 aliphatic rings. The molecule has 2 nitrogen and oxygen atoms in total. The van der Waals surface area contributed by atoms with Crippen molar-refractivity contribution in [3.05, 3.63) is 0 Å². The summed E-state index contributed by atoms with van der Waals surface area (Å²) in [6.45, 7) is 10.6. The van der Waals surface area contributed by atoms with Gasteiger partial charge in [-0.15, -0.1) is 0 Å². The SMILES string of the molecule is CC1CCN(CC2(CN)CCCC(C)C2)C(C)C1. The lowest BCUT2D eigenvalue weighted by Crippen LogP contribution is -2.50. The predicted octanol–water partition coefficient (Wildman–Crippen LogP) is 3.26. The fraction of sp³-hybridized carbons (Fsp3) is 1.00. The van der Waals surface area contributed by atoms with Crippen LogP contribution < -0.4 is 5.73 Å². The number of piperidine rings is 1. The first-order valence-corrected chi connectivity index (χ1v) is 7.99. The smallest absolute Gasteiger partial charge is 0.00697 e. The van der Waals surface area contributed by atoms with Crippen LogP contribution in [-0.4, -0.2) is 30.6 Å². The lowest BCUT2D eigenvalue weighted by Gasteiger charge is -2.46. The summed E-state index contributed by atoms with van der Waals surface area (Å²) in [6.07, 6.45) is 8.25. The fourth-order valence-electron chi connectivity index (χ4n) is 4.28. The molecule has 0 amide bonds. The second-order valence-electron chi connectivity index (χ2n) is 7.35. The van der Waals surface area contributed by atoms with Gasteiger partial charge in [0.15, 0.2) is 0 Å². The molecular weight excluding hydrogens is 220 g/mol. The summed E-state index contributed by atoms with van der Waals surface area (Å²) < 4.78 is 0. The highest BCUT2D eigenvalue weighted by Gasteiger charge is 2.37. The molecule has 4 unspecified atom stereocenters. The Balaban J connectivity index is 1.97. The van der Waals surface area contributed by atoms with E-state index in [1.807, 2.05) is 0 Å². The van der Waals surface area contributed by atoms with E-state index in [2.05, 4.69) is 25.7 Å². The average molecular weight is 252 g/mol. The van der Waals surface area contributed by atoms with E-state index in [0.717, 1.165) is 24.4 Å². The number of nitrogens with zero attached hydrogens (tertiary/aromatic N) is 1. The zero-order valence-electron chi connectivity index (χ0n) is 12.6. The number of nitrogens with two attached hydrogens (primary N) is 1. The van der Waals surface area contributed by atoms with Gasteiger partial charge in [-0.05, 0) is 62.9 Å². The largest absolute Gasteiger partial charge is 0.330 e. The van der Waals surface area contributed by atoms with Crippen molar-refractivity contribution < 1.29 is 0 Å². The van der Waals surface area contributed by atoms with Gasteiger partial charge in [-0.25, -0.2) is 0 Å². The summed E-state index contributed by atoms with van der Waals surface area (Å²) >= 11 is 0. The van der Waals surface area contributed by atoms with E-state index in [1.54, 1.807) is 0 Å². The Hall–Kier alpha value is -0.0800. The fourth-order valence-corrected chi connectivity index (χ4v) is 4.28. The maximum absolute atomic E-state index is 6.16. The molecule has 0 bridgehead atoms. The van der Waals surface area contributed by atoms with E-state index < -0.39 is 0 Å². The summed E-state index contributed by atoms with van der Waals surface area (Å²) in [5.41, 5.74) is 6.59. The van der Waals surface area contributed by atoms with Crippen molar-refractivity contribution >= 4 is 0 Å². The molecule has 0 aromatic carbocycles. The van der Waals surface area contributed by atoms with E-state index >= 15 is 0 Å². The lowest BCUT2D eigenvalue weighted by atomic mass is 9.69. The zero-order chi connectivity index (χ0) is 13.2. The molecule has 1 aliphatic heterocycles. The minimum absolute atomic E-state index is 0.423. The van der Waals surface area contributed by atoms with Crippen LogP contribution in [0.2, 0.25) is 0 Å². The van der Waals surface area contributed by atoms with Crippen molar-refractivity contribution in [2.75, 3.05) is 19.6 Å². The van der Waals surface area contributed by atoms with Crippen LogP contribution in [0.4, 0.5) is 0 Å². The highest BCUT2D eigenvalue weighted by atomic mass is 15.2. The van der Waals surface area contributed by atoms with Crippen molar-refractivity contribution in [1.29, 1.82) is 0 Å². The predicted molar refractivity (Wildman–Crippen MR) is 78.6 cm³/mol. The third-order valence-corrected chi connectivity index (χ3v) is 5.43. The van der Waals surface area contributed by atoms with Crippen LogP contribution in [0.25, 0.3) is 0 Å². The topological polar surface area (TPSA) is 29.3 Å². The van der Waals surface area contributed by atoms with Crippen LogP contribution >= 0.6 is 0 Å². The minimum Gasteiger partial charge on any atom is -0.330 e. The Bertz CT molecular complexity index is 266. The van der Waals surface area contributed by atoms with E-state index in [4.69, 9.17) is 5.73 Å². The molecule has 18 heavy (non-hydrogen) atoms. The van der Waals surface area contributed by atoms with Crippen molar-refractivity contribution in [1.82, 2.24) is 4.90 Å². The van der Waals surface area contributed by atoms with Gasteiger partial charge >= 0.3 is 0 Å². The molecule has 106 valence electrons. The second-order valence-corrected chi connectivity index (χ2v) is 7.35. The van der Waals surface area contributed by atoms with Crippen molar-refractivity contribution in [2.45, 2.75) is 65.3 Å². The van der Waals surface area contributed by atoms with Crippen LogP contribution in [0.3, 0.4) is 0 Å². The normalized spacial score (nSPS) is 43.0. The Morgan fingerprint density at radius 2 is 1.94 bits per heavy atom. The van der Waals surface area contributed by atoms with Gasteiger partial charge in [-0.3, -0.25) is 0 Å². The van der Waals surface area contributed by atoms with Crippen molar-refractivity contribution in [3.8, 4) is 0 Å². The van der Waals surface area contributed by atoms with E-state index in [9.17, 15) is 0 Å². The van der Waals surface area contributed by atoms with Gasteiger partial charge in [0.25, 0.3) is 0 Å². The Morgan fingerprint density at radius 1 is 1.17 bits per heavy atom. The molecule has 0 radical (unpaired) electrons. The van der Waals surface area contributed by atoms with Crippen molar-refractivity contribution in [3.63, 3.8) is 0 Å². The molecule has 1 saturated carbocycles. The number of rotatable bonds is 3. The summed E-state index contributed by atoms with van der Waals surface area (Å²) in [5, 5.41) is 0. The number of hydrogen-bond donors (Lipinski definition) is 1. The monoisotopic (exact) mass is 252 g/mol. The van der Waals surface area contributed by atoms with Crippen LogP contribution in [0, 0.1) is 17.3 Å². The quantitative estimate of drug-likeness (QED) is 0.835. The molecule has 2 rings (SSSR count). The molecule has 1 heterocycles. The molecule has 0 spiro atoms. The number of hydrogen-bond acceptors (Lipinski definition) is 2. The molecule has 2 heteroatoms. The van der Waals surface area contributed by atoms with Crippen LogP contribution in [0.15, 0.2) is 0 Å². The van der Waals surface area contributed by atoms with Gasteiger partial charge in [-0.1, -0.05) is 26.7 Å². The molecule has 2 fully saturated rings. The first kappa shape index (κ1) is 14.3. The van der Waals surface area contributed by atoms with Gasteiger partial charge in [0.1, 0.15) is 0 Å². The molecule has 1 aliphatic carbocycles. The first-order chi connectivity index (χ1) is 8.54. The summed E-state index contributed by atoms with van der Waals surface area (Å²) in [5.74, 6) is 1.79. The maximum atomic E-state index is 6.16. The maximum Gasteiger partial charge on any atom is 0.00697 e. The van der Waals surface area contributed by atoms with Gasteiger partial charge in [0, 0.05) is 12.6 Å². The first-order valence-electron chi connectivity index (χ1n) is 7.99. The summed E-state index contributed by atoms with van der Waals surface area (Å²) in [4.78, 5) is 2.73. The molecule has 4 atom stereocenters. The van der Waals surface area contributed by atoms with Gasteiger partial charge in [-0.2, -0.15) is 0 Å². The van der Waals surface area contributed by atoms with E-state index in [0.29, 0.717) is 5.41 Å². The van der Waals surface area contributed by atoms with Gasteiger partial charge in [0.2, 0.25) is 0 Å². The van der Waals surface area contributed by atoms with Crippen LogP contribution in [0.5, 0.6) is 0 Å². The molecule has 1 saturated heterocycles. The standard InChI is InChI=1S/C16H32N2/c1-13-6-8-18(15(3)9-13)12-16(11-17)7-4-5-14(2)10-16/h13-15H,4-12,17H2,1-3H3. The molecule has 0 aromatic heterocycles. The highest BCUT2D eigenvalue weighted by molar-refractivity contribution is 4.91. The lowest BCUT2D eigenvalue weighted by molar-refractivity contribution is 0.0412. The average Bonchev–Trinajstić information content (AvgIpc) is 2.33. The zero-order valence-corrected chi connectivity index (χ0v) is 12.6. The minimum atomic E-state index is 0.423. The molecular formula is C16H32N2. The second kappa shape index (κ2) is 5.92. The van der Waals surface area contributed by atoms with Crippen LogP contribution in [0.1, 0.15) is 59.3 Å². The molecule has 0 aromatic rings. The van der Waals surface area contributed by atoms with Crippen molar-refractivity contribution in [2.24, 2.45) is 23.0 Å². The van der Waals surface area contributed by atoms with E-state index in [1.165, 1.54) is 51.6 Å². The number of likely N-dealkylation sites (tertiary alicyclic amines) is 1. The van der Waals surface area contributed by atoms with Gasteiger partial charge < -0.3 is 10.6 Å². The Morgan fingerprint density at radius 3 is 2.56 bits per heavy atom. The van der Waals surface area contributed by atoms with Gasteiger partial charge in [0.05, 0.1) is 0 Å². The Kier molecular flexibility index (Phi) is 4.71.